The lowest BCUT2D eigenvalue weighted by Gasteiger charge is -2.32. The van der Waals surface area contributed by atoms with E-state index in [2.05, 4.69) is 25.2 Å². The first kappa shape index (κ1) is 22.1. The molecule has 0 aliphatic carbocycles. The van der Waals surface area contributed by atoms with Crippen LogP contribution < -0.4 is 16.0 Å². The number of benzene rings is 1. The van der Waals surface area contributed by atoms with Crippen molar-refractivity contribution in [1.82, 2.24) is 15.0 Å². The quantitative estimate of drug-likeness (QED) is 0.416. The van der Waals surface area contributed by atoms with Crippen LogP contribution in [-0.2, 0) is 11.3 Å². The first-order valence-electron chi connectivity index (χ1n) is 10.7. The highest BCUT2D eigenvalue weighted by Crippen LogP contribution is 2.26. The number of aryl methyl sites for hydroxylation is 1. The predicted octanol–water partition coefficient (Wildman–Crippen LogP) is 3.07. The molecule has 10 nitrogen and oxygen atoms in total. The smallest absolute Gasteiger partial charge is 0.270 e. The van der Waals surface area contributed by atoms with Crippen molar-refractivity contribution in [2.45, 2.75) is 26.3 Å². The number of aromatic nitrogens is 3. The van der Waals surface area contributed by atoms with Crippen LogP contribution in [0.1, 0.15) is 24.1 Å². The fraction of sp³-hybridized carbons (Fsp3) is 0.304. The summed E-state index contributed by atoms with van der Waals surface area (Å²) in [7, 11) is 0. The Balaban J connectivity index is 1.51. The molecule has 1 aliphatic heterocycles. The summed E-state index contributed by atoms with van der Waals surface area (Å²) in [5.74, 6) is 1.59. The van der Waals surface area contributed by atoms with Gasteiger partial charge in [0.2, 0.25) is 5.91 Å². The number of rotatable bonds is 7. The molecule has 33 heavy (non-hydrogen) atoms. The number of hydrogen-bond donors (Lipinski definition) is 2. The number of amides is 1. The van der Waals surface area contributed by atoms with Gasteiger partial charge in [0.05, 0.1) is 4.92 Å². The molecule has 1 amide bonds. The lowest BCUT2D eigenvalue weighted by molar-refractivity contribution is -0.384. The number of nitro groups is 1. The van der Waals surface area contributed by atoms with Crippen LogP contribution in [0.25, 0.3) is 11.4 Å². The molecule has 0 radical (unpaired) electrons. The molecule has 10 heteroatoms. The maximum atomic E-state index is 11.5. The number of primary amides is 1. The van der Waals surface area contributed by atoms with Crippen molar-refractivity contribution >= 4 is 23.2 Å². The molecule has 4 rings (SSSR count). The number of anilines is 2. The van der Waals surface area contributed by atoms with Crippen molar-refractivity contribution in [3.05, 3.63) is 70.0 Å². The maximum absolute atomic E-state index is 11.5. The normalized spacial score (nSPS) is 14.2. The first-order chi connectivity index (χ1) is 15.9. The number of nitrogens with zero attached hydrogens (tertiary/aromatic N) is 5. The Morgan fingerprint density at radius 1 is 1.21 bits per heavy atom. The largest absolute Gasteiger partial charge is 0.369 e. The molecule has 1 aromatic carbocycles. The second kappa shape index (κ2) is 9.60. The number of pyridine rings is 1. The van der Waals surface area contributed by atoms with Gasteiger partial charge in [0.1, 0.15) is 11.6 Å². The number of non-ortho nitro benzene ring substituents is 1. The minimum Gasteiger partial charge on any atom is -0.369 e. The third kappa shape index (κ3) is 5.22. The van der Waals surface area contributed by atoms with E-state index in [1.54, 1.807) is 18.3 Å². The predicted molar refractivity (Wildman–Crippen MR) is 125 cm³/mol. The molecule has 0 bridgehead atoms. The number of nitrogens with one attached hydrogen (secondary N) is 1. The van der Waals surface area contributed by atoms with Gasteiger partial charge in [0, 0.05) is 66.8 Å². The Kier molecular flexibility index (Phi) is 6.43. The molecule has 0 unspecified atom stereocenters. The van der Waals surface area contributed by atoms with Gasteiger partial charge >= 0.3 is 0 Å². The molecule has 0 spiro atoms. The highest BCUT2D eigenvalue weighted by molar-refractivity contribution is 5.77. The SMILES string of the molecule is Cc1cc(NCc2cccnc2N2CCC(C(N)=O)CC2)nc(-c2cccc([N+](=O)[O-])c2)n1. The Morgan fingerprint density at radius 2 is 2.00 bits per heavy atom. The summed E-state index contributed by atoms with van der Waals surface area (Å²) in [5, 5.41) is 14.4. The highest BCUT2D eigenvalue weighted by atomic mass is 16.6. The number of carbonyl (C=O) groups excluding carboxylic acids is 1. The Labute approximate surface area is 191 Å². The van der Waals surface area contributed by atoms with Gasteiger partial charge in [-0.3, -0.25) is 14.9 Å². The highest BCUT2D eigenvalue weighted by Gasteiger charge is 2.25. The molecule has 0 atom stereocenters. The van der Waals surface area contributed by atoms with Gasteiger partial charge in [-0.1, -0.05) is 18.2 Å². The summed E-state index contributed by atoms with van der Waals surface area (Å²) >= 11 is 0. The number of piperidine rings is 1. The average molecular weight is 447 g/mol. The Hall–Kier alpha value is -4.08. The monoisotopic (exact) mass is 447 g/mol. The number of carbonyl (C=O) groups is 1. The lowest BCUT2D eigenvalue weighted by atomic mass is 9.96. The van der Waals surface area contributed by atoms with Gasteiger partial charge in [0.25, 0.3) is 5.69 Å². The third-order valence-corrected chi connectivity index (χ3v) is 5.69. The zero-order valence-corrected chi connectivity index (χ0v) is 18.3. The minimum absolute atomic E-state index is 0.00720. The topological polar surface area (TPSA) is 140 Å². The summed E-state index contributed by atoms with van der Waals surface area (Å²) < 4.78 is 0. The van der Waals surface area contributed by atoms with Crippen molar-refractivity contribution in [2.75, 3.05) is 23.3 Å². The van der Waals surface area contributed by atoms with Crippen LogP contribution in [0.3, 0.4) is 0 Å². The summed E-state index contributed by atoms with van der Waals surface area (Å²) in [6.07, 6.45) is 3.20. The molecule has 1 saturated heterocycles. The summed E-state index contributed by atoms with van der Waals surface area (Å²) in [6, 6.07) is 12.0. The van der Waals surface area contributed by atoms with Crippen molar-refractivity contribution in [1.29, 1.82) is 0 Å². The van der Waals surface area contributed by atoms with Crippen molar-refractivity contribution in [2.24, 2.45) is 11.7 Å². The van der Waals surface area contributed by atoms with E-state index in [0.29, 0.717) is 23.8 Å². The summed E-state index contributed by atoms with van der Waals surface area (Å²) in [5.41, 5.74) is 7.77. The van der Waals surface area contributed by atoms with Crippen LogP contribution in [0.2, 0.25) is 0 Å². The van der Waals surface area contributed by atoms with Crippen LogP contribution in [0, 0.1) is 23.0 Å². The zero-order valence-electron chi connectivity index (χ0n) is 18.3. The fourth-order valence-corrected chi connectivity index (χ4v) is 3.96. The molecular weight excluding hydrogens is 422 g/mol. The van der Waals surface area contributed by atoms with Gasteiger partial charge < -0.3 is 16.0 Å². The summed E-state index contributed by atoms with van der Waals surface area (Å²) in [6.45, 7) is 3.79. The second-order valence-corrected chi connectivity index (χ2v) is 8.03. The lowest BCUT2D eigenvalue weighted by Crippen LogP contribution is -2.39. The van der Waals surface area contributed by atoms with E-state index in [1.807, 2.05) is 25.1 Å². The van der Waals surface area contributed by atoms with Crippen LogP contribution in [0.4, 0.5) is 17.3 Å². The van der Waals surface area contributed by atoms with E-state index in [4.69, 9.17) is 5.73 Å². The van der Waals surface area contributed by atoms with Gasteiger partial charge in [-0.15, -0.1) is 0 Å². The molecule has 3 aromatic rings. The van der Waals surface area contributed by atoms with E-state index < -0.39 is 4.92 Å². The molecule has 0 saturated carbocycles. The van der Waals surface area contributed by atoms with Gasteiger partial charge in [-0.25, -0.2) is 15.0 Å². The molecule has 3 heterocycles. The van der Waals surface area contributed by atoms with Crippen LogP contribution in [-0.4, -0.2) is 38.9 Å². The van der Waals surface area contributed by atoms with Crippen molar-refractivity contribution in [3.63, 3.8) is 0 Å². The minimum atomic E-state index is -0.436. The average Bonchev–Trinajstić information content (AvgIpc) is 2.83. The van der Waals surface area contributed by atoms with Crippen LogP contribution in [0.15, 0.2) is 48.7 Å². The van der Waals surface area contributed by atoms with E-state index in [9.17, 15) is 14.9 Å². The molecule has 1 fully saturated rings. The van der Waals surface area contributed by atoms with Gasteiger partial charge in [0.15, 0.2) is 5.82 Å². The third-order valence-electron chi connectivity index (χ3n) is 5.69. The molecule has 2 aromatic heterocycles. The van der Waals surface area contributed by atoms with E-state index >= 15 is 0 Å². The number of nitrogens with two attached hydrogens (primary N) is 1. The Bertz CT molecular complexity index is 1180. The Morgan fingerprint density at radius 3 is 2.73 bits per heavy atom. The van der Waals surface area contributed by atoms with E-state index in [1.165, 1.54) is 12.1 Å². The van der Waals surface area contributed by atoms with Crippen LogP contribution in [0.5, 0.6) is 0 Å². The molecular formula is C23H25N7O3. The molecule has 1 aliphatic rings. The standard InChI is InChI=1S/C23H25N7O3/c1-15-12-20(28-22(27-15)17-4-2-6-19(13-17)30(32)33)26-14-18-5-3-9-25-23(18)29-10-7-16(8-11-29)21(24)31/h2-6,9,12-13,16H,7-8,10-11,14H2,1H3,(H2,24,31)(H,26,27,28). The molecule has 170 valence electrons. The van der Waals surface area contributed by atoms with E-state index in [-0.39, 0.29) is 17.5 Å². The van der Waals surface area contributed by atoms with Gasteiger partial charge in [-0.2, -0.15) is 0 Å². The summed E-state index contributed by atoms with van der Waals surface area (Å²) in [4.78, 5) is 37.9. The van der Waals surface area contributed by atoms with Crippen LogP contribution >= 0.6 is 0 Å². The first-order valence-corrected chi connectivity index (χ1v) is 10.7. The fourth-order valence-electron chi connectivity index (χ4n) is 3.96. The zero-order chi connectivity index (χ0) is 23.4. The number of hydrogen-bond acceptors (Lipinski definition) is 8. The van der Waals surface area contributed by atoms with E-state index in [0.717, 1.165) is 43.0 Å². The van der Waals surface area contributed by atoms with Crippen molar-refractivity contribution in [3.8, 4) is 11.4 Å². The second-order valence-electron chi connectivity index (χ2n) is 8.03. The van der Waals surface area contributed by atoms with Gasteiger partial charge in [-0.05, 0) is 25.8 Å². The number of nitro benzene ring substituents is 1. The molecule has 3 N–H and O–H groups in total. The van der Waals surface area contributed by atoms with Crippen molar-refractivity contribution < 1.29 is 9.72 Å². The maximum Gasteiger partial charge on any atom is 0.270 e.